The average Bonchev–Trinajstić information content (AvgIpc) is 3.16. The van der Waals surface area contributed by atoms with Crippen molar-refractivity contribution in [3.05, 3.63) is 53.1 Å². The summed E-state index contributed by atoms with van der Waals surface area (Å²) in [7, 11) is 0. The van der Waals surface area contributed by atoms with Crippen molar-refractivity contribution >= 4 is 6.08 Å². The lowest BCUT2D eigenvalue weighted by Gasteiger charge is -2.52. The van der Waals surface area contributed by atoms with E-state index in [-0.39, 0.29) is 16.8 Å². The summed E-state index contributed by atoms with van der Waals surface area (Å²) in [6.07, 6.45) is 8.80. The monoisotopic (exact) mass is 368 g/mol. The van der Waals surface area contributed by atoms with Gasteiger partial charge in [0.1, 0.15) is 5.82 Å². The standard InChI is InChI=1S/C22H25FN2O2/c1-20(26)13-22(27-14-20)9-3-4-16-10-19-15(11-21(16,22)2)12-24-25(19)18-7-5-17(23)6-8-18/h5-8,10,12,26H,3-4,9,11,13-14H2,1-2H3/t20?,21-,22+/m0/s1. The highest BCUT2D eigenvalue weighted by Crippen LogP contribution is 2.59. The summed E-state index contributed by atoms with van der Waals surface area (Å²) in [4.78, 5) is 0. The molecule has 0 bridgehead atoms. The van der Waals surface area contributed by atoms with Gasteiger partial charge >= 0.3 is 0 Å². The minimum absolute atomic E-state index is 0.130. The van der Waals surface area contributed by atoms with Gasteiger partial charge in [-0.15, -0.1) is 0 Å². The largest absolute Gasteiger partial charge is 0.388 e. The van der Waals surface area contributed by atoms with Gasteiger partial charge < -0.3 is 9.84 Å². The van der Waals surface area contributed by atoms with Crippen molar-refractivity contribution in [3.8, 4) is 5.69 Å². The summed E-state index contributed by atoms with van der Waals surface area (Å²) in [6, 6.07) is 6.45. The van der Waals surface area contributed by atoms with E-state index < -0.39 is 5.60 Å². The first kappa shape index (κ1) is 17.1. The molecule has 1 spiro atoms. The molecule has 142 valence electrons. The van der Waals surface area contributed by atoms with Crippen LogP contribution in [0.2, 0.25) is 0 Å². The lowest BCUT2D eigenvalue weighted by atomic mass is 9.55. The second-order valence-electron chi connectivity index (χ2n) is 8.93. The van der Waals surface area contributed by atoms with Crippen LogP contribution in [-0.2, 0) is 11.2 Å². The normalized spacial score (nSPS) is 35.0. The van der Waals surface area contributed by atoms with Gasteiger partial charge in [0.15, 0.2) is 0 Å². The highest BCUT2D eigenvalue weighted by molar-refractivity contribution is 5.62. The van der Waals surface area contributed by atoms with Gasteiger partial charge in [-0.2, -0.15) is 5.10 Å². The molecule has 1 unspecified atom stereocenters. The van der Waals surface area contributed by atoms with Crippen LogP contribution in [0.5, 0.6) is 0 Å². The Kier molecular flexibility index (Phi) is 3.50. The number of rotatable bonds is 1. The first-order chi connectivity index (χ1) is 12.8. The summed E-state index contributed by atoms with van der Waals surface area (Å²) >= 11 is 0. The predicted molar refractivity (Wildman–Crippen MR) is 101 cm³/mol. The van der Waals surface area contributed by atoms with E-state index in [1.807, 2.05) is 17.8 Å². The fourth-order valence-electron chi connectivity index (χ4n) is 5.46. The summed E-state index contributed by atoms with van der Waals surface area (Å²) < 4.78 is 21.5. The van der Waals surface area contributed by atoms with Gasteiger partial charge in [-0.3, -0.25) is 0 Å². The van der Waals surface area contributed by atoms with Crippen LogP contribution in [0.4, 0.5) is 4.39 Å². The van der Waals surface area contributed by atoms with Crippen LogP contribution in [-0.4, -0.2) is 32.7 Å². The average molecular weight is 368 g/mol. The number of halogens is 1. The number of benzene rings is 1. The third-order valence-electron chi connectivity index (χ3n) is 6.88. The van der Waals surface area contributed by atoms with Gasteiger partial charge in [0.2, 0.25) is 0 Å². The molecule has 1 aromatic heterocycles. The fourth-order valence-corrected chi connectivity index (χ4v) is 5.46. The third kappa shape index (κ3) is 2.44. The van der Waals surface area contributed by atoms with E-state index in [4.69, 9.17) is 4.74 Å². The number of ether oxygens (including phenoxy) is 1. The predicted octanol–water partition coefficient (Wildman–Crippen LogP) is 4.05. The van der Waals surface area contributed by atoms with Crippen molar-refractivity contribution in [1.29, 1.82) is 0 Å². The number of hydrogen-bond acceptors (Lipinski definition) is 3. The Morgan fingerprint density at radius 2 is 2.00 bits per heavy atom. The lowest BCUT2D eigenvalue weighted by molar-refractivity contribution is -0.0958. The number of fused-ring (bicyclic) bond motifs is 3. The molecular weight excluding hydrogens is 343 g/mol. The van der Waals surface area contributed by atoms with Crippen molar-refractivity contribution in [2.75, 3.05) is 6.61 Å². The van der Waals surface area contributed by atoms with Crippen LogP contribution in [0.25, 0.3) is 11.8 Å². The maximum absolute atomic E-state index is 13.3. The molecule has 3 atom stereocenters. The maximum atomic E-state index is 13.3. The van der Waals surface area contributed by atoms with Crippen LogP contribution in [0, 0.1) is 11.2 Å². The molecule has 1 saturated heterocycles. The minimum Gasteiger partial charge on any atom is -0.388 e. The van der Waals surface area contributed by atoms with Crippen LogP contribution in [0.3, 0.4) is 0 Å². The lowest BCUT2D eigenvalue weighted by Crippen LogP contribution is -2.52. The van der Waals surface area contributed by atoms with Crippen molar-refractivity contribution in [3.63, 3.8) is 0 Å². The first-order valence-electron chi connectivity index (χ1n) is 9.72. The third-order valence-corrected chi connectivity index (χ3v) is 6.88. The highest BCUT2D eigenvalue weighted by Gasteiger charge is 2.60. The molecule has 2 aliphatic carbocycles. The number of nitrogens with zero attached hydrogens (tertiary/aromatic N) is 2. The zero-order chi connectivity index (χ0) is 18.9. The Balaban J connectivity index is 1.58. The molecule has 4 nitrogen and oxygen atoms in total. The molecule has 5 rings (SSSR count). The van der Waals surface area contributed by atoms with Gasteiger partial charge in [-0.25, -0.2) is 9.07 Å². The van der Waals surface area contributed by atoms with Crippen molar-refractivity contribution in [1.82, 2.24) is 9.78 Å². The zero-order valence-electron chi connectivity index (χ0n) is 15.8. The van der Waals surface area contributed by atoms with E-state index in [9.17, 15) is 9.50 Å². The Bertz CT molecular complexity index is 930. The van der Waals surface area contributed by atoms with Crippen LogP contribution in [0.15, 0.2) is 36.0 Å². The van der Waals surface area contributed by atoms with E-state index >= 15 is 0 Å². The van der Waals surface area contributed by atoms with E-state index in [1.165, 1.54) is 23.3 Å². The maximum Gasteiger partial charge on any atom is 0.123 e. The molecule has 2 heterocycles. The number of aromatic nitrogens is 2. The summed E-state index contributed by atoms with van der Waals surface area (Å²) in [5, 5.41) is 15.2. The SMILES string of the molecule is CC1(O)CO[C@]2(CCCC3=Cc4c(cnn4-c4ccc(F)cc4)C[C@@]32C)C1. The quantitative estimate of drug-likeness (QED) is 0.826. The van der Waals surface area contributed by atoms with Gasteiger partial charge in [-0.05, 0) is 68.5 Å². The second-order valence-corrected chi connectivity index (χ2v) is 8.93. The van der Waals surface area contributed by atoms with E-state index in [2.05, 4.69) is 18.1 Å². The van der Waals surface area contributed by atoms with E-state index in [0.29, 0.717) is 13.0 Å². The van der Waals surface area contributed by atoms with Crippen molar-refractivity contribution in [2.45, 2.75) is 57.2 Å². The molecule has 2 aromatic rings. The summed E-state index contributed by atoms with van der Waals surface area (Å²) in [5.74, 6) is -0.245. The molecule has 0 amide bonds. The Labute approximate surface area is 158 Å². The van der Waals surface area contributed by atoms with E-state index in [0.717, 1.165) is 37.1 Å². The molecule has 2 fully saturated rings. The van der Waals surface area contributed by atoms with Gasteiger partial charge in [-0.1, -0.05) is 12.5 Å². The van der Waals surface area contributed by atoms with Gasteiger partial charge in [0, 0.05) is 11.8 Å². The molecular formula is C22H25FN2O2. The number of aliphatic hydroxyl groups is 1. The molecule has 1 aromatic carbocycles. The zero-order valence-corrected chi connectivity index (χ0v) is 15.8. The van der Waals surface area contributed by atoms with Crippen LogP contribution >= 0.6 is 0 Å². The number of hydrogen-bond donors (Lipinski definition) is 1. The smallest absolute Gasteiger partial charge is 0.123 e. The summed E-state index contributed by atoms with van der Waals surface area (Å²) in [6.45, 7) is 4.57. The first-order valence-corrected chi connectivity index (χ1v) is 9.72. The minimum atomic E-state index is -0.760. The second kappa shape index (κ2) is 5.52. The topological polar surface area (TPSA) is 47.3 Å². The molecule has 3 aliphatic rings. The van der Waals surface area contributed by atoms with Crippen molar-refractivity contribution < 1.29 is 14.2 Å². The highest BCUT2D eigenvalue weighted by atomic mass is 19.1. The Hall–Kier alpha value is -1.98. The van der Waals surface area contributed by atoms with Gasteiger partial charge in [0.05, 0.1) is 35.4 Å². The fraction of sp³-hybridized carbons (Fsp3) is 0.500. The van der Waals surface area contributed by atoms with Crippen LogP contribution < -0.4 is 0 Å². The summed E-state index contributed by atoms with van der Waals surface area (Å²) in [5.41, 5.74) is 3.31. The molecule has 1 N–H and O–H groups in total. The molecule has 5 heteroatoms. The molecule has 1 saturated carbocycles. The van der Waals surface area contributed by atoms with E-state index in [1.54, 1.807) is 12.1 Å². The molecule has 0 radical (unpaired) electrons. The molecule has 27 heavy (non-hydrogen) atoms. The Morgan fingerprint density at radius 1 is 1.22 bits per heavy atom. The Morgan fingerprint density at radius 3 is 2.70 bits per heavy atom. The molecule has 1 aliphatic heterocycles. The van der Waals surface area contributed by atoms with Crippen molar-refractivity contribution in [2.24, 2.45) is 5.41 Å². The van der Waals surface area contributed by atoms with Gasteiger partial charge in [0.25, 0.3) is 0 Å². The van der Waals surface area contributed by atoms with Crippen LogP contribution in [0.1, 0.15) is 50.8 Å².